The van der Waals surface area contributed by atoms with Crippen LogP contribution in [0.4, 0.5) is 11.4 Å². The molecule has 0 radical (unpaired) electrons. The number of nitro benzene ring substituents is 1. The summed E-state index contributed by atoms with van der Waals surface area (Å²) in [6.45, 7) is 6.71. The number of anilines is 1. The second-order valence-electron chi connectivity index (χ2n) is 9.70. The molecule has 1 N–H and O–H groups in total. The fourth-order valence-electron chi connectivity index (χ4n) is 4.32. The summed E-state index contributed by atoms with van der Waals surface area (Å²) >= 11 is 0. The summed E-state index contributed by atoms with van der Waals surface area (Å²) < 4.78 is 28.5. The summed E-state index contributed by atoms with van der Waals surface area (Å²) in [6, 6.07) is 19.1. The van der Waals surface area contributed by atoms with Crippen LogP contribution in [0, 0.1) is 17.0 Å². The number of aryl methyl sites for hydroxylation is 1. The zero-order chi connectivity index (χ0) is 29.4. The Morgan fingerprint density at radius 1 is 0.975 bits per heavy atom. The Bertz CT molecular complexity index is 1460. The highest BCUT2D eigenvalue weighted by Crippen LogP contribution is 2.28. The van der Waals surface area contributed by atoms with Crippen molar-refractivity contribution in [1.82, 2.24) is 10.2 Å². The Balaban J connectivity index is 2.10. The Morgan fingerprint density at radius 3 is 2.25 bits per heavy atom. The summed E-state index contributed by atoms with van der Waals surface area (Å²) in [5.41, 5.74) is 1.38. The van der Waals surface area contributed by atoms with E-state index in [1.54, 1.807) is 25.1 Å². The third-order valence-corrected chi connectivity index (χ3v) is 7.98. The molecule has 10 nitrogen and oxygen atoms in total. The summed E-state index contributed by atoms with van der Waals surface area (Å²) in [4.78, 5) is 39.3. The Hall–Kier alpha value is -4.25. The van der Waals surface area contributed by atoms with Gasteiger partial charge in [-0.2, -0.15) is 0 Å². The van der Waals surface area contributed by atoms with Gasteiger partial charge >= 0.3 is 0 Å². The average Bonchev–Trinajstić information content (AvgIpc) is 2.91. The molecule has 3 aromatic rings. The Morgan fingerprint density at radius 2 is 1.65 bits per heavy atom. The van der Waals surface area contributed by atoms with Gasteiger partial charge in [0, 0.05) is 24.7 Å². The van der Waals surface area contributed by atoms with Gasteiger partial charge in [0.25, 0.3) is 15.7 Å². The van der Waals surface area contributed by atoms with Gasteiger partial charge in [-0.25, -0.2) is 8.42 Å². The predicted octanol–water partition coefficient (Wildman–Crippen LogP) is 4.43. The van der Waals surface area contributed by atoms with Crippen molar-refractivity contribution in [2.75, 3.05) is 10.8 Å². The number of nitrogens with zero attached hydrogens (tertiary/aromatic N) is 3. The number of nitro groups is 1. The van der Waals surface area contributed by atoms with E-state index in [0.717, 1.165) is 21.5 Å². The topological polar surface area (TPSA) is 130 Å². The van der Waals surface area contributed by atoms with E-state index in [1.807, 2.05) is 45.0 Å². The lowest BCUT2D eigenvalue weighted by atomic mass is 10.1. The molecule has 0 saturated heterocycles. The van der Waals surface area contributed by atoms with Gasteiger partial charge in [-0.3, -0.25) is 24.0 Å². The van der Waals surface area contributed by atoms with E-state index >= 15 is 0 Å². The maximum atomic E-state index is 14.0. The minimum Gasteiger partial charge on any atom is -0.352 e. The maximum Gasteiger partial charge on any atom is 0.271 e. The third-order valence-electron chi connectivity index (χ3n) is 6.19. The van der Waals surface area contributed by atoms with E-state index in [0.29, 0.717) is 6.42 Å². The van der Waals surface area contributed by atoms with Gasteiger partial charge in [0.15, 0.2) is 0 Å². The molecule has 0 fully saturated rings. The fraction of sp³-hybridized carbons (Fsp3) is 0.310. The maximum absolute atomic E-state index is 14.0. The van der Waals surface area contributed by atoms with Crippen LogP contribution in [0.5, 0.6) is 0 Å². The summed E-state index contributed by atoms with van der Waals surface area (Å²) in [7, 11) is -4.31. The third kappa shape index (κ3) is 7.44. The van der Waals surface area contributed by atoms with Crippen LogP contribution in [-0.2, 0) is 26.2 Å². The van der Waals surface area contributed by atoms with Crippen LogP contribution in [-0.4, -0.2) is 48.7 Å². The lowest BCUT2D eigenvalue weighted by Crippen LogP contribution is -2.53. The number of benzene rings is 3. The van der Waals surface area contributed by atoms with Crippen molar-refractivity contribution < 1.29 is 22.9 Å². The van der Waals surface area contributed by atoms with Crippen molar-refractivity contribution in [3.05, 3.63) is 100 Å². The molecule has 0 aliphatic heterocycles. The van der Waals surface area contributed by atoms with Crippen LogP contribution < -0.4 is 9.62 Å². The number of carbonyl (C=O) groups excluding carboxylic acids is 2. The Kier molecular flexibility index (Phi) is 10.0. The number of sulfonamides is 1. The number of hydrogen-bond acceptors (Lipinski definition) is 6. The van der Waals surface area contributed by atoms with Crippen LogP contribution in [0.2, 0.25) is 0 Å². The molecule has 0 unspecified atom stereocenters. The standard InChI is InChI=1S/C29H34N4O6S/c1-5-27(29(35)30-21(2)3)31(19-23-12-9-11-22(4)17-23)28(34)20-32(24-13-10-14-25(18-24)33(36)37)40(38,39)26-15-7-6-8-16-26/h6-18,21,27H,5,19-20H2,1-4H3,(H,30,35)/t27-/m1/s1. The molecular weight excluding hydrogens is 532 g/mol. The lowest BCUT2D eigenvalue weighted by molar-refractivity contribution is -0.384. The highest BCUT2D eigenvalue weighted by molar-refractivity contribution is 7.92. The number of amides is 2. The molecule has 3 rings (SSSR count). The first kappa shape index (κ1) is 30.3. The molecule has 0 aliphatic carbocycles. The molecule has 11 heteroatoms. The van der Waals surface area contributed by atoms with Crippen LogP contribution in [0.3, 0.4) is 0 Å². The van der Waals surface area contributed by atoms with E-state index < -0.39 is 33.4 Å². The predicted molar refractivity (Wildman–Crippen MR) is 153 cm³/mol. The first-order valence-corrected chi connectivity index (χ1v) is 14.4. The second kappa shape index (κ2) is 13.2. The molecular formula is C29H34N4O6S. The molecule has 40 heavy (non-hydrogen) atoms. The van der Waals surface area contributed by atoms with Crippen molar-refractivity contribution in [3.63, 3.8) is 0 Å². The zero-order valence-electron chi connectivity index (χ0n) is 23.0. The number of hydrogen-bond donors (Lipinski definition) is 1. The van der Waals surface area contributed by atoms with Crippen molar-refractivity contribution in [1.29, 1.82) is 0 Å². The van der Waals surface area contributed by atoms with Crippen LogP contribution >= 0.6 is 0 Å². The van der Waals surface area contributed by atoms with Gasteiger partial charge in [0.1, 0.15) is 12.6 Å². The lowest BCUT2D eigenvalue weighted by Gasteiger charge is -2.33. The monoisotopic (exact) mass is 566 g/mol. The van der Waals surface area contributed by atoms with Crippen molar-refractivity contribution in [2.45, 2.75) is 57.6 Å². The molecule has 1 atom stereocenters. The summed E-state index contributed by atoms with van der Waals surface area (Å²) in [5.74, 6) is -0.982. The average molecular weight is 567 g/mol. The van der Waals surface area contributed by atoms with Gasteiger partial charge in [-0.1, -0.05) is 61.0 Å². The van der Waals surface area contributed by atoms with Gasteiger partial charge in [-0.15, -0.1) is 0 Å². The number of rotatable bonds is 12. The van der Waals surface area contributed by atoms with Crippen LogP contribution in [0.15, 0.2) is 83.8 Å². The normalized spacial score (nSPS) is 12.0. The summed E-state index contributed by atoms with van der Waals surface area (Å²) in [6.07, 6.45) is 0.290. The highest BCUT2D eigenvalue weighted by atomic mass is 32.2. The molecule has 2 amide bonds. The van der Waals surface area contributed by atoms with E-state index in [-0.39, 0.29) is 34.8 Å². The molecule has 0 aromatic heterocycles. The van der Waals surface area contributed by atoms with E-state index in [9.17, 15) is 28.1 Å². The minimum atomic E-state index is -4.31. The van der Waals surface area contributed by atoms with Gasteiger partial charge < -0.3 is 10.2 Å². The molecule has 0 aliphatic rings. The molecule has 0 heterocycles. The minimum absolute atomic E-state index is 0.0402. The van der Waals surface area contributed by atoms with Gasteiger partial charge in [-0.05, 0) is 51.0 Å². The largest absolute Gasteiger partial charge is 0.352 e. The first-order chi connectivity index (χ1) is 18.9. The second-order valence-corrected chi connectivity index (χ2v) is 11.6. The van der Waals surface area contributed by atoms with Crippen molar-refractivity contribution in [2.24, 2.45) is 0 Å². The number of nitrogens with one attached hydrogen (secondary N) is 1. The van der Waals surface area contributed by atoms with E-state index in [2.05, 4.69) is 5.32 Å². The number of non-ortho nitro benzene ring substituents is 1. The quantitative estimate of drug-likeness (QED) is 0.255. The molecule has 3 aromatic carbocycles. The molecule has 212 valence electrons. The SMILES string of the molecule is CC[C@H](C(=O)NC(C)C)N(Cc1cccc(C)c1)C(=O)CN(c1cccc([N+](=O)[O-])c1)S(=O)(=O)c1ccccc1. The van der Waals surface area contributed by atoms with Gasteiger partial charge in [0.05, 0.1) is 15.5 Å². The smallest absolute Gasteiger partial charge is 0.271 e. The van der Waals surface area contributed by atoms with Crippen LogP contribution in [0.25, 0.3) is 0 Å². The zero-order valence-corrected chi connectivity index (χ0v) is 23.8. The van der Waals surface area contributed by atoms with E-state index in [4.69, 9.17) is 0 Å². The van der Waals surface area contributed by atoms with Crippen LogP contribution in [0.1, 0.15) is 38.3 Å². The van der Waals surface area contributed by atoms with Crippen molar-refractivity contribution >= 4 is 33.2 Å². The van der Waals surface area contributed by atoms with Gasteiger partial charge in [0.2, 0.25) is 11.8 Å². The highest BCUT2D eigenvalue weighted by Gasteiger charge is 2.34. The van der Waals surface area contributed by atoms with E-state index in [1.165, 1.54) is 35.2 Å². The van der Waals surface area contributed by atoms with Crippen molar-refractivity contribution in [3.8, 4) is 0 Å². The summed E-state index contributed by atoms with van der Waals surface area (Å²) in [5, 5.41) is 14.3. The molecule has 0 bridgehead atoms. The fourth-order valence-corrected chi connectivity index (χ4v) is 5.74. The molecule has 0 spiro atoms. The number of carbonyl (C=O) groups is 2. The Labute approximate surface area is 234 Å². The molecule has 0 saturated carbocycles. The first-order valence-electron chi connectivity index (χ1n) is 12.9.